The van der Waals surface area contributed by atoms with Crippen LogP contribution in [0.4, 0.5) is 5.69 Å². The van der Waals surface area contributed by atoms with Crippen molar-refractivity contribution in [1.82, 2.24) is 0 Å². The van der Waals surface area contributed by atoms with Gasteiger partial charge in [-0.2, -0.15) is 0 Å². The van der Waals surface area contributed by atoms with E-state index in [0.717, 1.165) is 12.8 Å². The topological polar surface area (TPSA) is 52.3 Å². The molecule has 0 unspecified atom stereocenters. The minimum atomic E-state index is -0.340. The van der Waals surface area contributed by atoms with Gasteiger partial charge < -0.3 is 10.5 Å². The number of nitrogens with two attached hydrogens (primary N) is 1. The van der Waals surface area contributed by atoms with E-state index in [1.807, 2.05) is 0 Å². The maximum absolute atomic E-state index is 11.7. The summed E-state index contributed by atoms with van der Waals surface area (Å²) < 4.78 is 5.16. The van der Waals surface area contributed by atoms with Crippen LogP contribution in [0, 0.1) is 0 Å². The van der Waals surface area contributed by atoms with Gasteiger partial charge in [0.15, 0.2) is 0 Å². The lowest BCUT2D eigenvalue weighted by Crippen LogP contribution is -2.06. The third-order valence-corrected chi connectivity index (χ3v) is 3.04. The Hall–Kier alpha value is -1.22. The fourth-order valence-electron chi connectivity index (χ4n) is 1.61. The lowest BCUT2D eigenvalue weighted by molar-refractivity contribution is 0.0497. The number of ether oxygens (including phenoxy) is 1. The van der Waals surface area contributed by atoms with Gasteiger partial charge in [-0.25, -0.2) is 4.79 Å². The van der Waals surface area contributed by atoms with Crippen molar-refractivity contribution in [3.8, 4) is 0 Å². The number of benzene rings is 1. The van der Waals surface area contributed by atoms with Crippen LogP contribution in [-0.2, 0) is 4.74 Å². The molecule has 0 heterocycles. The second-order valence-electron chi connectivity index (χ2n) is 4.29. The Kier molecular flexibility index (Phi) is 6.58. The molecule has 1 aromatic carbocycles. The van der Waals surface area contributed by atoms with Gasteiger partial charge in [-0.3, -0.25) is 0 Å². The number of rotatable bonds is 7. The van der Waals surface area contributed by atoms with E-state index in [-0.39, 0.29) is 5.97 Å². The van der Waals surface area contributed by atoms with E-state index in [1.54, 1.807) is 12.1 Å². The minimum absolute atomic E-state index is 0.340. The molecule has 0 bridgehead atoms. The van der Waals surface area contributed by atoms with E-state index in [1.165, 1.54) is 25.3 Å². The van der Waals surface area contributed by atoms with Crippen LogP contribution in [0.1, 0.15) is 49.4 Å². The Bertz CT molecular complexity index is 393. The van der Waals surface area contributed by atoms with Gasteiger partial charge in [-0.15, -0.1) is 0 Å². The molecule has 2 N–H and O–H groups in total. The second kappa shape index (κ2) is 7.98. The van der Waals surface area contributed by atoms with E-state index in [2.05, 4.69) is 6.92 Å². The maximum Gasteiger partial charge on any atom is 0.338 e. The Morgan fingerprint density at radius 1 is 1.28 bits per heavy atom. The highest BCUT2D eigenvalue weighted by atomic mass is 35.5. The summed E-state index contributed by atoms with van der Waals surface area (Å²) in [7, 11) is 0. The van der Waals surface area contributed by atoms with Gasteiger partial charge in [0.25, 0.3) is 0 Å². The van der Waals surface area contributed by atoms with Crippen LogP contribution in [0.15, 0.2) is 18.2 Å². The average molecular weight is 270 g/mol. The molecule has 0 fully saturated rings. The fraction of sp³-hybridized carbons (Fsp3) is 0.500. The molecular weight excluding hydrogens is 250 g/mol. The summed E-state index contributed by atoms with van der Waals surface area (Å²) in [5, 5.41) is 0.382. The van der Waals surface area contributed by atoms with E-state index < -0.39 is 0 Å². The standard InChI is InChI=1S/C14H20ClNO2/c1-2-3-4-5-6-9-18-14(17)11-7-8-13(16)12(15)10-11/h7-8,10H,2-6,9,16H2,1H3. The van der Waals surface area contributed by atoms with Crippen LogP contribution >= 0.6 is 11.6 Å². The second-order valence-corrected chi connectivity index (χ2v) is 4.69. The Morgan fingerprint density at radius 2 is 2.00 bits per heavy atom. The van der Waals surface area contributed by atoms with E-state index in [0.29, 0.717) is 22.9 Å². The highest BCUT2D eigenvalue weighted by Crippen LogP contribution is 2.20. The van der Waals surface area contributed by atoms with Crippen LogP contribution < -0.4 is 5.73 Å². The van der Waals surface area contributed by atoms with Gasteiger partial charge in [-0.1, -0.05) is 44.2 Å². The molecule has 0 radical (unpaired) electrons. The number of hydrogen-bond donors (Lipinski definition) is 1. The van der Waals surface area contributed by atoms with Crippen LogP contribution in [0.2, 0.25) is 5.02 Å². The van der Waals surface area contributed by atoms with Crippen molar-refractivity contribution < 1.29 is 9.53 Å². The molecule has 0 amide bonds. The quantitative estimate of drug-likeness (QED) is 0.462. The highest BCUT2D eigenvalue weighted by molar-refractivity contribution is 6.33. The van der Waals surface area contributed by atoms with Crippen LogP contribution in [0.5, 0.6) is 0 Å². The molecule has 0 aromatic heterocycles. The molecule has 100 valence electrons. The lowest BCUT2D eigenvalue weighted by atomic mass is 10.2. The Balaban J connectivity index is 2.30. The monoisotopic (exact) mass is 269 g/mol. The van der Waals surface area contributed by atoms with Crippen molar-refractivity contribution in [2.75, 3.05) is 12.3 Å². The van der Waals surface area contributed by atoms with Crippen molar-refractivity contribution in [2.45, 2.75) is 39.0 Å². The summed E-state index contributed by atoms with van der Waals surface area (Å²) in [6.07, 6.45) is 5.66. The number of carbonyl (C=O) groups is 1. The van der Waals surface area contributed by atoms with E-state index >= 15 is 0 Å². The molecule has 1 aromatic rings. The van der Waals surface area contributed by atoms with Gasteiger partial charge in [-0.05, 0) is 24.6 Å². The SMILES string of the molecule is CCCCCCCOC(=O)c1ccc(N)c(Cl)c1. The fourth-order valence-corrected chi connectivity index (χ4v) is 1.79. The number of carbonyl (C=O) groups excluding carboxylic acids is 1. The third kappa shape index (κ3) is 4.96. The Labute approximate surface area is 113 Å². The molecule has 18 heavy (non-hydrogen) atoms. The number of halogens is 1. The van der Waals surface area contributed by atoms with Crippen molar-refractivity contribution >= 4 is 23.3 Å². The first-order valence-corrected chi connectivity index (χ1v) is 6.75. The summed E-state index contributed by atoms with van der Waals surface area (Å²) in [5.41, 5.74) is 6.49. The van der Waals surface area contributed by atoms with Crippen LogP contribution in [-0.4, -0.2) is 12.6 Å². The zero-order chi connectivity index (χ0) is 13.4. The smallest absolute Gasteiger partial charge is 0.338 e. The summed E-state index contributed by atoms with van der Waals surface area (Å²) >= 11 is 5.84. The molecule has 4 heteroatoms. The first kappa shape index (κ1) is 14.8. The van der Waals surface area contributed by atoms with Gasteiger partial charge in [0.1, 0.15) is 0 Å². The van der Waals surface area contributed by atoms with Gasteiger partial charge in [0, 0.05) is 0 Å². The van der Waals surface area contributed by atoms with Crippen LogP contribution in [0.25, 0.3) is 0 Å². The zero-order valence-corrected chi connectivity index (χ0v) is 11.5. The molecule has 0 aliphatic carbocycles. The van der Waals surface area contributed by atoms with Gasteiger partial charge >= 0.3 is 5.97 Å². The van der Waals surface area contributed by atoms with Crippen molar-refractivity contribution in [2.24, 2.45) is 0 Å². The number of hydrogen-bond acceptors (Lipinski definition) is 3. The first-order chi connectivity index (χ1) is 8.65. The predicted octanol–water partition coefficient (Wildman–Crippen LogP) is 4.05. The summed E-state index contributed by atoms with van der Waals surface area (Å²) in [6, 6.07) is 4.77. The first-order valence-electron chi connectivity index (χ1n) is 6.37. The van der Waals surface area contributed by atoms with Gasteiger partial charge in [0.05, 0.1) is 22.9 Å². The molecule has 0 saturated carbocycles. The van der Waals surface area contributed by atoms with Crippen LogP contribution in [0.3, 0.4) is 0 Å². The number of esters is 1. The van der Waals surface area contributed by atoms with Crippen molar-refractivity contribution in [3.63, 3.8) is 0 Å². The van der Waals surface area contributed by atoms with Crippen molar-refractivity contribution in [3.05, 3.63) is 28.8 Å². The molecule has 0 spiro atoms. The summed E-state index contributed by atoms with van der Waals surface area (Å²) in [5.74, 6) is -0.340. The highest BCUT2D eigenvalue weighted by Gasteiger charge is 2.08. The Morgan fingerprint density at radius 3 is 2.67 bits per heavy atom. The number of anilines is 1. The summed E-state index contributed by atoms with van der Waals surface area (Å²) in [4.78, 5) is 11.7. The van der Waals surface area contributed by atoms with E-state index in [4.69, 9.17) is 22.1 Å². The minimum Gasteiger partial charge on any atom is -0.462 e. The molecule has 0 saturated heterocycles. The number of unbranched alkanes of at least 4 members (excludes halogenated alkanes) is 4. The third-order valence-electron chi connectivity index (χ3n) is 2.72. The zero-order valence-electron chi connectivity index (χ0n) is 10.7. The maximum atomic E-state index is 11.7. The van der Waals surface area contributed by atoms with E-state index in [9.17, 15) is 4.79 Å². The molecular formula is C14H20ClNO2. The molecule has 0 aliphatic rings. The molecule has 1 rings (SSSR count). The lowest BCUT2D eigenvalue weighted by Gasteiger charge is -2.06. The molecule has 0 aliphatic heterocycles. The largest absolute Gasteiger partial charge is 0.462 e. The molecule has 3 nitrogen and oxygen atoms in total. The average Bonchev–Trinajstić information content (AvgIpc) is 2.36. The normalized spacial score (nSPS) is 10.3. The predicted molar refractivity (Wildman–Crippen MR) is 74.9 cm³/mol. The summed E-state index contributed by atoms with van der Waals surface area (Å²) in [6.45, 7) is 2.63. The number of nitrogen functional groups attached to an aromatic ring is 1. The molecule has 0 atom stereocenters. The van der Waals surface area contributed by atoms with Gasteiger partial charge in [0.2, 0.25) is 0 Å². The van der Waals surface area contributed by atoms with Crippen molar-refractivity contribution in [1.29, 1.82) is 0 Å².